The quantitative estimate of drug-likeness (QED) is 0.867. The van der Waals surface area contributed by atoms with Crippen molar-refractivity contribution >= 4 is 23.2 Å². The normalized spacial score (nSPS) is 21.5. The zero-order valence-electron chi connectivity index (χ0n) is 15.6. The number of piperidine rings is 1. The lowest BCUT2D eigenvalue weighted by Crippen LogP contribution is -2.49. The first kappa shape index (κ1) is 18.2. The minimum absolute atomic E-state index is 0.0779. The summed E-state index contributed by atoms with van der Waals surface area (Å²) in [6.45, 7) is 3.24. The third-order valence-electron chi connectivity index (χ3n) is 6.27. The van der Waals surface area contributed by atoms with Crippen molar-refractivity contribution in [2.45, 2.75) is 44.4 Å². The Bertz CT molecular complexity index is 850. The summed E-state index contributed by atoms with van der Waals surface area (Å²) >= 11 is 1.71. The van der Waals surface area contributed by atoms with Gasteiger partial charge in [0.1, 0.15) is 0 Å². The number of aliphatic carboxylic acids is 1. The van der Waals surface area contributed by atoms with Gasteiger partial charge in [0, 0.05) is 23.3 Å². The largest absolute Gasteiger partial charge is 0.481 e. The zero-order chi connectivity index (χ0) is 19.0. The molecule has 1 atom stereocenters. The van der Waals surface area contributed by atoms with Crippen LogP contribution in [-0.2, 0) is 23.1 Å². The van der Waals surface area contributed by atoms with Crippen LogP contribution in [0.5, 0.6) is 0 Å². The van der Waals surface area contributed by atoms with E-state index in [1.807, 2.05) is 40.6 Å². The minimum Gasteiger partial charge on any atom is -0.481 e. The van der Waals surface area contributed by atoms with Crippen molar-refractivity contribution < 1.29 is 14.7 Å². The van der Waals surface area contributed by atoms with Gasteiger partial charge in [-0.2, -0.15) is 0 Å². The van der Waals surface area contributed by atoms with Crippen molar-refractivity contribution in [2.24, 2.45) is 5.92 Å². The molecule has 1 N–H and O–H groups in total. The Morgan fingerprint density at radius 3 is 2.56 bits per heavy atom. The molecule has 1 aromatic heterocycles. The molecule has 4 nitrogen and oxygen atoms in total. The monoisotopic (exact) mass is 383 g/mol. The van der Waals surface area contributed by atoms with E-state index in [0.29, 0.717) is 31.8 Å². The predicted molar refractivity (Wildman–Crippen MR) is 106 cm³/mol. The maximum atomic E-state index is 13.1. The van der Waals surface area contributed by atoms with Crippen LogP contribution in [0.1, 0.15) is 52.5 Å². The van der Waals surface area contributed by atoms with E-state index in [4.69, 9.17) is 0 Å². The third-order valence-corrected chi connectivity index (χ3v) is 7.32. The molecule has 0 saturated carbocycles. The summed E-state index contributed by atoms with van der Waals surface area (Å²) in [6, 6.07) is 9.45. The number of carboxylic acid groups (broad SMARTS) is 1. The number of likely N-dealkylation sites (tertiary alicyclic amines) is 1. The molecule has 1 fully saturated rings. The molecule has 142 valence electrons. The van der Waals surface area contributed by atoms with Crippen LogP contribution >= 0.6 is 11.3 Å². The van der Waals surface area contributed by atoms with E-state index in [2.05, 4.69) is 6.92 Å². The molecule has 0 radical (unpaired) electrons. The highest BCUT2D eigenvalue weighted by Crippen LogP contribution is 2.38. The van der Waals surface area contributed by atoms with Gasteiger partial charge in [-0.25, -0.2) is 0 Å². The molecule has 4 rings (SSSR count). The van der Waals surface area contributed by atoms with E-state index < -0.39 is 11.4 Å². The predicted octanol–water partition coefficient (Wildman–Crippen LogP) is 4.13. The first-order valence-corrected chi connectivity index (χ1v) is 10.6. The Labute approximate surface area is 163 Å². The smallest absolute Gasteiger partial charge is 0.314 e. The first-order valence-electron chi connectivity index (χ1n) is 9.69. The molecule has 0 bridgehead atoms. The van der Waals surface area contributed by atoms with Gasteiger partial charge in [-0.05, 0) is 49.1 Å². The second-order valence-electron chi connectivity index (χ2n) is 7.94. The number of carbonyl (C=O) groups is 2. The zero-order valence-corrected chi connectivity index (χ0v) is 16.4. The number of amides is 1. The Morgan fingerprint density at radius 2 is 1.89 bits per heavy atom. The van der Waals surface area contributed by atoms with Crippen molar-refractivity contribution in [1.29, 1.82) is 0 Å². The van der Waals surface area contributed by atoms with Crippen LogP contribution in [0.2, 0.25) is 0 Å². The number of nitrogens with zero attached hydrogens (tertiary/aromatic N) is 1. The first-order chi connectivity index (χ1) is 13.0. The molecule has 5 heteroatoms. The van der Waals surface area contributed by atoms with Crippen LogP contribution < -0.4 is 0 Å². The van der Waals surface area contributed by atoms with Gasteiger partial charge in [0.2, 0.25) is 0 Å². The number of hydrogen-bond acceptors (Lipinski definition) is 3. The topological polar surface area (TPSA) is 57.6 Å². The molecule has 1 aromatic carbocycles. The Morgan fingerprint density at radius 1 is 1.19 bits per heavy atom. The lowest BCUT2D eigenvalue weighted by atomic mass is 9.72. The van der Waals surface area contributed by atoms with Crippen LogP contribution in [0.25, 0.3) is 0 Å². The second kappa shape index (κ2) is 7.12. The fraction of sp³-hybridized carbons (Fsp3) is 0.455. The van der Waals surface area contributed by atoms with Gasteiger partial charge in [-0.3, -0.25) is 9.59 Å². The molecule has 2 heterocycles. The van der Waals surface area contributed by atoms with E-state index in [0.717, 1.165) is 30.4 Å². The number of benzene rings is 1. The average Bonchev–Trinajstić information content (AvgIpc) is 3.11. The lowest BCUT2D eigenvalue weighted by molar-refractivity contribution is -0.145. The lowest BCUT2D eigenvalue weighted by Gasteiger charge is -2.39. The van der Waals surface area contributed by atoms with Crippen molar-refractivity contribution in [3.05, 3.63) is 57.3 Å². The van der Waals surface area contributed by atoms with Crippen molar-refractivity contribution in [3.8, 4) is 0 Å². The minimum atomic E-state index is -0.887. The highest BCUT2D eigenvalue weighted by atomic mass is 32.1. The van der Waals surface area contributed by atoms with Crippen LogP contribution in [0.15, 0.2) is 35.7 Å². The summed E-state index contributed by atoms with van der Waals surface area (Å²) in [6.07, 6.45) is 4.12. The van der Waals surface area contributed by atoms with Gasteiger partial charge in [-0.1, -0.05) is 37.3 Å². The third kappa shape index (κ3) is 3.18. The fourth-order valence-electron chi connectivity index (χ4n) is 4.50. The Hall–Kier alpha value is -2.14. The molecular formula is C22H25NO3S. The highest BCUT2D eigenvalue weighted by molar-refractivity contribution is 7.10. The molecule has 1 aliphatic heterocycles. The van der Waals surface area contributed by atoms with E-state index >= 15 is 0 Å². The Kier molecular flexibility index (Phi) is 4.81. The standard InChI is InChI=1S/C22H25NO3S/c1-15-7-8-17-18(14-27-19(17)13-15)20(24)23-11-9-22(10-12-23,21(25)26)16-5-3-2-4-6-16/h2-6,14-15H,7-13H2,1H3,(H,25,26). The summed E-state index contributed by atoms with van der Waals surface area (Å²) in [5.74, 6) is -0.0204. The summed E-state index contributed by atoms with van der Waals surface area (Å²) < 4.78 is 0. The fourth-order valence-corrected chi connectivity index (χ4v) is 5.74. The summed E-state index contributed by atoms with van der Waals surface area (Å²) in [5.41, 5.74) is 2.04. The molecule has 1 aliphatic carbocycles. The SMILES string of the molecule is CC1CCc2c(C(=O)N3CCC(C(=O)O)(c4ccccc4)CC3)csc2C1. The molecule has 1 amide bonds. The van der Waals surface area contributed by atoms with Crippen LogP contribution in [0, 0.1) is 5.92 Å². The summed E-state index contributed by atoms with van der Waals surface area (Å²) in [4.78, 5) is 28.4. The van der Waals surface area contributed by atoms with Crippen LogP contribution in [0.4, 0.5) is 0 Å². The van der Waals surface area contributed by atoms with Crippen molar-refractivity contribution in [2.75, 3.05) is 13.1 Å². The summed E-state index contributed by atoms with van der Waals surface area (Å²) in [5, 5.41) is 11.9. The maximum Gasteiger partial charge on any atom is 0.314 e. The number of carbonyl (C=O) groups excluding carboxylic acids is 1. The average molecular weight is 384 g/mol. The Balaban J connectivity index is 1.52. The van der Waals surface area contributed by atoms with Gasteiger partial charge in [-0.15, -0.1) is 11.3 Å². The van der Waals surface area contributed by atoms with Gasteiger partial charge in [0.15, 0.2) is 0 Å². The van der Waals surface area contributed by atoms with Gasteiger partial charge < -0.3 is 10.0 Å². The number of thiophene rings is 1. The maximum absolute atomic E-state index is 13.1. The molecule has 2 aromatic rings. The number of hydrogen-bond donors (Lipinski definition) is 1. The highest BCUT2D eigenvalue weighted by Gasteiger charge is 2.44. The van der Waals surface area contributed by atoms with E-state index in [1.165, 1.54) is 10.4 Å². The van der Waals surface area contributed by atoms with Gasteiger partial charge in [0.25, 0.3) is 5.91 Å². The molecular weight excluding hydrogens is 358 g/mol. The number of rotatable bonds is 3. The van der Waals surface area contributed by atoms with Gasteiger partial charge >= 0.3 is 5.97 Å². The molecule has 1 unspecified atom stereocenters. The molecule has 2 aliphatic rings. The molecule has 0 spiro atoms. The van der Waals surface area contributed by atoms with Crippen LogP contribution in [0.3, 0.4) is 0 Å². The molecule has 27 heavy (non-hydrogen) atoms. The van der Waals surface area contributed by atoms with Crippen molar-refractivity contribution in [3.63, 3.8) is 0 Å². The number of carboxylic acids is 1. The van der Waals surface area contributed by atoms with Crippen molar-refractivity contribution in [1.82, 2.24) is 4.90 Å². The van der Waals surface area contributed by atoms with E-state index in [1.54, 1.807) is 11.3 Å². The van der Waals surface area contributed by atoms with Crippen LogP contribution in [-0.4, -0.2) is 35.0 Å². The summed E-state index contributed by atoms with van der Waals surface area (Å²) in [7, 11) is 0. The second-order valence-corrected chi connectivity index (χ2v) is 8.91. The van der Waals surface area contributed by atoms with E-state index in [-0.39, 0.29) is 5.91 Å². The van der Waals surface area contributed by atoms with E-state index in [9.17, 15) is 14.7 Å². The van der Waals surface area contributed by atoms with Gasteiger partial charge in [0.05, 0.1) is 11.0 Å². The number of fused-ring (bicyclic) bond motifs is 1. The molecule has 1 saturated heterocycles.